The van der Waals surface area contributed by atoms with Gasteiger partial charge in [-0.2, -0.15) is 0 Å². The topological polar surface area (TPSA) is 96.9 Å². The Morgan fingerprint density at radius 2 is 1.88 bits per heavy atom. The summed E-state index contributed by atoms with van der Waals surface area (Å²) in [4.78, 5) is 23.6. The Morgan fingerprint density at radius 3 is 2.54 bits per heavy atom. The Hall–Kier alpha value is -2.90. The molecule has 2 rings (SSSR count). The molecule has 7 nitrogen and oxygen atoms in total. The van der Waals surface area contributed by atoms with Gasteiger partial charge in [0.05, 0.1) is 23.4 Å². The first kappa shape index (κ1) is 19.4. The molecule has 1 amide bonds. The third kappa shape index (κ3) is 5.05. The highest BCUT2D eigenvalue weighted by molar-refractivity contribution is 6.33. The predicted octanol–water partition coefficient (Wildman–Crippen LogP) is 3.70. The average molecular weight is 397 g/mol. The molecule has 2 aromatic carbocycles. The van der Waals surface area contributed by atoms with Crippen molar-refractivity contribution in [2.75, 3.05) is 12.5 Å². The number of carbonyl (C=O) groups is 2. The monoisotopic (exact) mass is 396 g/mol. The Bertz CT molecular complexity index is 855. The molecule has 0 aromatic heterocycles. The highest BCUT2D eigenvalue weighted by atomic mass is 35.5. The van der Waals surface area contributed by atoms with Gasteiger partial charge in [-0.15, -0.1) is 0 Å². The molecular formula is C17H14Cl2N2O5. The summed E-state index contributed by atoms with van der Waals surface area (Å²) in [6.45, 7) is 0. The van der Waals surface area contributed by atoms with Crippen LogP contribution in [0.3, 0.4) is 0 Å². The molecule has 0 fully saturated rings. The molecule has 0 aliphatic heterocycles. The Balaban J connectivity index is 2.23. The summed E-state index contributed by atoms with van der Waals surface area (Å²) in [7, 11) is 1.27. The number of hydrogen-bond donors (Lipinski definition) is 3. The maximum atomic E-state index is 12.5. The number of rotatable bonds is 7. The van der Waals surface area contributed by atoms with Crippen molar-refractivity contribution in [3.05, 3.63) is 70.1 Å². The number of amides is 1. The fraction of sp³-hybridized carbons (Fsp3) is 0.0588. The minimum absolute atomic E-state index is 0.0142. The van der Waals surface area contributed by atoms with Crippen LogP contribution >= 0.6 is 23.2 Å². The largest absolute Gasteiger partial charge is 0.500 e. The molecule has 0 saturated carbocycles. The lowest BCUT2D eigenvalue weighted by molar-refractivity contribution is -0.135. The molecule has 0 aliphatic carbocycles. The number of methoxy groups -OCH3 is 1. The fourth-order valence-electron chi connectivity index (χ4n) is 1.87. The maximum absolute atomic E-state index is 12.5. The molecule has 0 atom stereocenters. The van der Waals surface area contributed by atoms with Gasteiger partial charge in [-0.3, -0.25) is 15.6 Å². The highest BCUT2D eigenvalue weighted by Gasteiger charge is 2.18. The van der Waals surface area contributed by atoms with Crippen LogP contribution in [-0.4, -0.2) is 24.1 Å². The van der Waals surface area contributed by atoms with Gasteiger partial charge in [0.25, 0.3) is 5.91 Å². The van der Waals surface area contributed by atoms with Crippen LogP contribution in [0.4, 0.5) is 5.69 Å². The number of anilines is 1. The van der Waals surface area contributed by atoms with Gasteiger partial charge < -0.3 is 14.6 Å². The molecule has 0 spiro atoms. The van der Waals surface area contributed by atoms with E-state index in [2.05, 4.69) is 15.6 Å². The van der Waals surface area contributed by atoms with Crippen molar-refractivity contribution in [2.24, 2.45) is 0 Å². The molecular weight excluding hydrogens is 383 g/mol. The van der Waals surface area contributed by atoms with Crippen molar-refractivity contribution in [3.8, 4) is 5.75 Å². The number of carbonyl (C=O) groups excluding carboxylic acids is 1. The molecule has 3 N–H and O–H groups in total. The second kappa shape index (κ2) is 8.98. The van der Waals surface area contributed by atoms with E-state index in [0.29, 0.717) is 10.7 Å². The number of halogens is 2. The SMILES string of the molecule is CO/C=C(/Oc1ccc(Cl)cc1C(=O)NNc1ccccc1Cl)C(=O)O. The van der Waals surface area contributed by atoms with Gasteiger partial charge in [-0.25, -0.2) is 4.79 Å². The first-order valence-electron chi connectivity index (χ1n) is 7.17. The second-order valence-electron chi connectivity index (χ2n) is 4.82. The van der Waals surface area contributed by atoms with Gasteiger partial charge in [0, 0.05) is 5.02 Å². The molecule has 0 unspecified atom stereocenters. The normalized spacial score (nSPS) is 10.8. The first-order valence-corrected chi connectivity index (χ1v) is 7.92. The van der Waals surface area contributed by atoms with Gasteiger partial charge in [0.2, 0.25) is 5.76 Å². The molecule has 9 heteroatoms. The molecule has 0 heterocycles. The zero-order valence-electron chi connectivity index (χ0n) is 13.5. The molecule has 0 bridgehead atoms. The van der Waals surface area contributed by atoms with Gasteiger partial charge >= 0.3 is 5.97 Å². The zero-order chi connectivity index (χ0) is 19.1. The van der Waals surface area contributed by atoms with Gasteiger partial charge in [-0.05, 0) is 30.3 Å². The van der Waals surface area contributed by atoms with Gasteiger partial charge in [0.1, 0.15) is 12.0 Å². The van der Waals surface area contributed by atoms with Crippen LogP contribution in [0.15, 0.2) is 54.5 Å². The third-order valence-corrected chi connectivity index (χ3v) is 3.59. The van der Waals surface area contributed by atoms with Crippen LogP contribution in [0, 0.1) is 0 Å². The number of ether oxygens (including phenoxy) is 2. The number of carboxylic acid groups (broad SMARTS) is 1. The van der Waals surface area contributed by atoms with E-state index in [0.717, 1.165) is 6.26 Å². The summed E-state index contributed by atoms with van der Waals surface area (Å²) in [5, 5.41) is 9.79. The summed E-state index contributed by atoms with van der Waals surface area (Å²) in [5.41, 5.74) is 5.62. The smallest absolute Gasteiger partial charge is 0.375 e. The predicted molar refractivity (Wildman–Crippen MR) is 97.3 cm³/mol. The standard InChI is InChI=1S/C17H14Cl2N2O5/c1-25-9-15(17(23)24)26-14-7-6-10(18)8-11(14)16(22)21-20-13-5-3-2-4-12(13)19/h2-9,20H,1H3,(H,21,22)(H,23,24)/b15-9+. The fourth-order valence-corrected chi connectivity index (χ4v) is 2.22. The zero-order valence-corrected chi connectivity index (χ0v) is 15.0. The van der Waals surface area contributed by atoms with Gasteiger partial charge in [0.15, 0.2) is 0 Å². The third-order valence-electron chi connectivity index (χ3n) is 3.03. The van der Waals surface area contributed by atoms with Crippen molar-refractivity contribution < 1.29 is 24.2 Å². The van der Waals surface area contributed by atoms with Crippen molar-refractivity contribution in [1.82, 2.24) is 5.43 Å². The summed E-state index contributed by atoms with van der Waals surface area (Å²) < 4.78 is 9.92. The highest BCUT2D eigenvalue weighted by Crippen LogP contribution is 2.25. The quantitative estimate of drug-likeness (QED) is 0.375. The Morgan fingerprint density at radius 1 is 1.15 bits per heavy atom. The summed E-state index contributed by atoms with van der Waals surface area (Å²) >= 11 is 11.9. The minimum Gasteiger partial charge on any atom is -0.500 e. The summed E-state index contributed by atoms with van der Waals surface area (Å²) in [6.07, 6.45) is 0.903. The van der Waals surface area contributed by atoms with Crippen LogP contribution in [-0.2, 0) is 9.53 Å². The van der Waals surface area contributed by atoms with Crippen LogP contribution in [0.5, 0.6) is 5.75 Å². The number of carboxylic acids is 1. The average Bonchev–Trinajstić information content (AvgIpc) is 2.61. The van der Waals surface area contributed by atoms with Crippen molar-refractivity contribution >= 4 is 40.8 Å². The van der Waals surface area contributed by atoms with E-state index >= 15 is 0 Å². The van der Waals surface area contributed by atoms with Crippen LogP contribution in [0.2, 0.25) is 10.0 Å². The van der Waals surface area contributed by atoms with E-state index < -0.39 is 17.6 Å². The molecule has 0 radical (unpaired) electrons. The van der Waals surface area contributed by atoms with Gasteiger partial charge in [-0.1, -0.05) is 35.3 Å². The van der Waals surface area contributed by atoms with Crippen molar-refractivity contribution in [2.45, 2.75) is 0 Å². The number of para-hydroxylation sites is 1. The molecule has 0 aliphatic rings. The first-order chi connectivity index (χ1) is 12.4. The van der Waals surface area contributed by atoms with E-state index in [1.165, 1.54) is 25.3 Å². The second-order valence-corrected chi connectivity index (χ2v) is 5.67. The number of nitrogens with one attached hydrogen (secondary N) is 2. The van der Waals surface area contributed by atoms with Crippen LogP contribution < -0.4 is 15.6 Å². The molecule has 136 valence electrons. The molecule has 0 saturated heterocycles. The Labute approximate surface area is 159 Å². The van der Waals surface area contributed by atoms with E-state index in [9.17, 15) is 9.59 Å². The number of hydrogen-bond acceptors (Lipinski definition) is 5. The number of aliphatic carboxylic acids is 1. The molecule has 2 aromatic rings. The number of hydrazine groups is 1. The minimum atomic E-state index is -1.36. The lowest BCUT2D eigenvalue weighted by atomic mass is 10.2. The van der Waals surface area contributed by atoms with E-state index in [1.54, 1.807) is 24.3 Å². The molecule has 26 heavy (non-hydrogen) atoms. The lowest BCUT2D eigenvalue weighted by Gasteiger charge is -2.13. The van der Waals surface area contributed by atoms with E-state index in [-0.39, 0.29) is 16.3 Å². The summed E-state index contributed by atoms with van der Waals surface area (Å²) in [6, 6.07) is 11.0. The van der Waals surface area contributed by atoms with Crippen LogP contribution in [0.25, 0.3) is 0 Å². The maximum Gasteiger partial charge on any atom is 0.375 e. The van der Waals surface area contributed by atoms with E-state index in [4.69, 9.17) is 33.0 Å². The lowest BCUT2D eigenvalue weighted by Crippen LogP contribution is -2.30. The van der Waals surface area contributed by atoms with Crippen molar-refractivity contribution in [3.63, 3.8) is 0 Å². The number of benzene rings is 2. The van der Waals surface area contributed by atoms with E-state index in [1.807, 2.05) is 0 Å². The van der Waals surface area contributed by atoms with Crippen molar-refractivity contribution in [1.29, 1.82) is 0 Å². The Kier molecular flexibility index (Phi) is 6.71. The summed E-state index contributed by atoms with van der Waals surface area (Å²) in [5.74, 6) is -2.48. The van der Waals surface area contributed by atoms with Crippen LogP contribution in [0.1, 0.15) is 10.4 Å².